The van der Waals surface area contributed by atoms with Crippen molar-refractivity contribution in [3.63, 3.8) is 0 Å². The first-order chi connectivity index (χ1) is 12.1. The molecule has 7 heteroatoms. The Hall–Kier alpha value is -1.06. The number of nitrogens with zero attached hydrogens (tertiary/aromatic N) is 2. The van der Waals surface area contributed by atoms with Crippen LogP contribution in [0.2, 0.25) is 0 Å². The highest BCUT2D eigenvalue weighted by Gasteiger charge is 2.17. The predicted molar refractivity (Wildman–Crippen MR) is 118 cm³/mol. The number of ether oxygens (including phenoxy) is 2. The van der Waals surface area contributed by atoms with Crippen LogP contribution < -0.4 is 15.4 Å². The highest BCUT2D eigenvalue weighted by Crippen LogP contribution is 2.14. The van der Waals surface area contributed by atoms with E-state index in [-0.39, 0.29) is 36.2 Å². The Balaban J connectivity index is 0.00000338. The van der Waals surface area contributed by atoms with Gasteiger partial charge in [-0.2, -0.15) is 0 Å². The van der Waals surface area contributed by atoms with Crippen molar-refractivity contribution in [3.8, 4) is 5.75 Å². The maximum atomic E-state index is 5.94. The number of rotatable bonds is 7. The molecule has 0 aliphatic carbocycles. The summed E-state index contributed by atoms with van der Waals surface area (Å²) >= 11 is 0. The summed E-state index contributed by atoms with van der Waals surface area (Å²) in [5.41, 5.74) is 1.20. The molecular formula is C19H33IN4O2. The Morgan fingerprint density at radius 3 is 2.92 bits per heavy atom. The molecule has 1 saturated heterocycles. The molecule has 1 aromatic carbocycles. The third kappa shape index (κ3) is 8.55. The van der Waals surface area contributed by atoms with E-state index < -0.39 is 0 Å². The highest BCUT2D eigenvalue weighted by atomic mass is 127. The number of guanidine groups is 1. The number of hydrogen-bond donors (Lipinski definition) is 2. The molecule has 2 unspecified atom stereocenters. The van der Waals surface area contributed by atoms with E-state index in [0.717, 1.165) is 44.5 Å². The molecule has 1 aromatic rings. The fourth-order valence-electron chi connectivity index (χ4n) is 2.72. The summed E-state index contributed by atoms with van der Waals surface area (Å²) in [5, 5.41) is 6.65. The van der Waals surface area contributed by atoms with Gasteiger partial charge in [-0.15, -0.1) is 24.0 Å². The Bertz CT molecular complexity index is 556. The third-order valence-electron chi connectivity index (χ3n) is 4.02. The van der Waals surface area contributed by atoms with Gasteiger partial charge in [-0.05, 0) is 45.5 Å². The van der Waals surface area contributed by atoms with Gasteiger partial charge in [-0.1, -0.05) is 12.1 Å². The summed E-state index contributed by atoms with van der Waals surface area (Å²) in [6.07, 6.45) is 0.206. The summed E-state index contributed by atoms with van der Waals surface area (Å²) in [6.45, 7) is 11.1. The molecule has 26 heavy (non-hydrogen) atoms. The van der Waals surface area contributed by atoms with Gasteiger partial charge in [0.2, 0.25) is 0 Å². The second kappa shape index (κ2) is 12.3. The minimum Gasteiger partial charge on any atom is -0.489 e. The molecule has 1 aliphatic heterocycles. The number of morpholine rings is 1. The van der Waals surface area contributed by atoms with Crippen LogP contribution in [0.5, 0.6) is 5.75 Å². The van der Waals surface area contributed by atoms with Gasteiger partial charge in [0.05, 0.1) is 19.3 Å². The zero-order chi connectivity index (χ0) is 18.1. The van der Waals surface area contributed by atoms with Gasteiger partial charge in [-0.3, -0.25) is 0 Å². The smallest absolute Gasteiger partial charge is 0.191 e. The lowest BCUT2D eigenvalue weighted by Crippen LogP contribution is -2.48. The van der Waals surface area contributed by atoms with Gasteiger partial charge in [0, 0.05) is 26.2 Å². The van der Waals surface area contributed by atoms with Crippen LogP contribution in [0.3, 0.4) is 0 Å². The first-order valence-corrected chi connectivity index (χ1v) is 9.12. The summed E-state index contributed by atoms with van der Waals surface area (Å²) < 4.78 is 11.7. The largest absolute Gasteiger partial charge is 0.489 e. The van der Waals surface area contributed by atoms with Crippen LogP contribution in [-0.4, -0.2) is 69.4 Å². The molecule has 2 rings (SSSR count). The molecule has 0 spiro atoms. The first kappa shape index (κ1) is 23.0. The monoisotopic (exact) mass is 476 g/mol. The van der Waals surface area contributed by atoms with E-state index in [1.165, 1.54) is 5.56 Å². The molecule has 0 bridgehead atoms. The standard InChI is InChI=1S/C19H32N4O2.HI/c1-5-20-19(22-13-18-14-23(4)9-10-24-18)21-12-16(3)25-17-8-6-7-15(2)11-17;/h6-8,11,16,18H,5,9-10,12-14H2,1-4H3,(H2,20,21,22);1H. The average Bonchev–Trinajstić information content (AvgIpc) is 2.57. The Labute approximate surface area is 174 Å². The summed E-state index contributed by atoms with van der Waals surface area (Å²) in [7, 11) is 2.12. The molecule has 2 N–H and O–H groups in total. The fraction of sp³-hybridized carbons (Fsp3) is 0.632. The molecule has 0 amide bonds. The van der Waals surface area contributed by atoms with Crippen molar-refractivity contribution in [3.05, 3.63) is 29.8 Å². The van der Waals surface area contributed by atoms with Crippen LogP contribution in [0.1, 0.15) is 19.4 Å². The second-order valence-electron chi connectivity index (χ2n) is 6.60. The summed E-state index contributed by atoms with van der Waals surface area (Å²) in [5.74, 6) is 1.69. The van der Waals surface area contributed by atoms with E-state index in [4.69, 9.17) is 9.47 Å². The maximum Gasteiger partial charge on any atom is 0.191 e. The number of likely N-dealkylation sites (N-methyl/N-ethyl adjacent to an activating group) is 1. The zero-order valence-electron chi connectivity index (χ0n) is 16.3. The second-order valence-corrected chi connectivity index (χ2v) is 6.60. The topological polar surface area (TPSA) is 58.1 Å². The molecule has 0 radical (unpaired) electrons. The quantitative estimate of drug-likeness (QED) is 0.359. The van der Waals surface area contributed by atoms with Gasteiger partial charge in [0.1, 0.15) is 11.9 Å². The van der Waals surface area contributed by atoms with E-state index in [1.54, 1.807) is 0 Å². The van der Waals surface area contributed by atoms with Crippen molar-refractivity contribution in [2.24, 2.45) is 4.99 Å². The number of halogens is 1. The number of hydrogen-bond acceptors (Lipinski definition) is 4. The van der Waals surface area contributed by atoms with Crippen molar-refractivity contribution < 1.29 is 9.47 Å². The number of benzene rings is 1. The van der Waals surface area contributed by atoms with Crippen LogP contribution in [-0.2, 0) is 4.74 Å². The van der Waals surface area contributed by atoms with E-state index in [9.17, 15) is 0 Å². The summed E-state index contributed by atoms with van der Waals surface area (Å²) in [4.78, 5) is 6.93. The van der Waals surface area contributed by atoms with Gasteiger partial charge < -0.3 is 25.0 Å². The Morgan fingerprint density at radius 2 is 2.23 bits per heavy atom. The molecule has 148 valence electrons. The van der Waals surface area contributed by atoms with E-state index >= 15 is 0 Å². The lowest BCUT2D eigenvalue weighted by molar-refractivity contribution is -0.0161. The lowest BCUT2D eigenvalue weighted by Gasteiger charge is -2.30. The van der Waals surface area contributed by atoms with Crippen molar-refractivity contribution in [1.82, 2.24) is 15.5 Å². The van der Waals surface area contributed by atoms with Crippen LogP contribution in [0.4, 0.5) is 0 Å². The molecule has 1 heterocycles. The molecular weight excluding hydrogens is 443 g/mol. The predicted octanol–water partition coefficient (Wildman–Crippen LogP) is 2.27. The van der Waals surface area contributed by atoms with E-state index in [0.29, 0.717) is 6.54 Å². The van der Waals surface area contributed by atoms with Gasteiger partial charge in [-0.25, -0.2) is 4.99 Å². The third-order valence-corrected chi connectivity index (χ3v) is 4.02. The fourth-order valence-corrected chi connectivity index (χ4v) is 2.72. The maximum absolute atomic E-state index is 5.94. The SMILES string of the molecule is CCNC(=NCC(C)Oc1cccc(C)c1)NCC1CN(C)CCO1.I. The summed E-state index contributed by atoms with van der Waals surface area (Å²) in [6, 6.07) is 8.09. The van der Waals surface area contributed by atoms with Crippen LogP contribution in [0.25, 0.3) is 0 Å². The normalized spacial score (nSPS) is 19.4. The number of nitrogens with one attached hydrogen (secondary N) is 2. The van der Waals surface area contributed by atoms with Gasteiger partial charge in [0.15, 0.2) is 5.96 Å². The molecule has 0 saturated carbocycles. The van der Waals surface area contributed by atoms with Crippen LogP contribution >= 0.6 is 24.0 Å². The zero-order valence-corrected chi connectivity index (χ0v) is 18.7. The minimum atomic E-state index is 0. The lowest BCUT2D eigenvalue weighted by atomic mass is 10.2. The molecule has 1 aliphatic rings. The van der Waals surface area contributed by atoms with E-state index in [1.807, 2.05) is 25.1 Å². The first-order valence-electron chi connectivity index (χ1n) is 9.12. The van der Waals surface area contributed by atoms with Crippen molar-refractivity contribution >= 4 is 29.9 Å². The average molecular weight is 476 g/mol. The van der Waals surface area contributed by atoms with E-state index in [2.05, 4.69) is 47.5 Å². The van der Waals surface area contributed by atoms with Crippen molar-refractivity contribution in [1.29, 1.82) is 0 Å². The Kier molecular flexibility index (Phi) is 10.9. The van der Waals surface area contributed by atoms with Crippen LogP contribution in [0.15, 0.2) is 29.3 Å². The van der Waals surface area contributed by atoms with Crippen molar-refractivity contribution in [2.75, 3.05) is 46.4 Å². The van der Waals surface area contributed by atoms with Crippen LogP contribution in [0, 0.1) is 6.92 Å². The number of aliphatic imine (C=N–C) groups is 1. The number of aryl methyl sites for hydroxylation is 1. The van der Waals surface area contributed by atoms with Crippen molar-refractivity contribution in [2.45, 2.75) is 33.0 Å². The highest BCUT2D eigenvalue weighted by molar-refractivity contribution is 14.0. The van der Waals surface area contributed by atoms with Gasteiger partial charge >= 0.3 is 0 Å². The molecule has 1 fully saturated rings. The Morgan fingerprint density at radius 1 is 1.42 bits per heavy atom. The van der Waals surface area contributed by atoms with Gasteiger partial charge in [0.25, 0.3) is 0 Å². The molecule has 0 aromatic heterocycles. The molecule has 2 atom stereocenters. The molecule has 6 nitrogen and oxygen atoms in total. The minimum absolute atomic E-state index is 0.